The van der Waals surface area contributed by atoms with E-state index < -0.39 is 0 Å². The highest BCUT2D eigenvalue weighted by atomic mass is 79.9. The summed E-state index contributed by atoms with van der Waals surface area (Å²) < 4.78 is 0.820. The molecule has 1 aromatic carbocycles. The number of Topliss-reactive ketones (excluding diaryl/α,β-unsaturated/α-hetero) is 1. The van der Waals surface area contributed by atoms with Gasteiger partial charge < -0.3 is 5.32 Å². The first-order valence-electron chi connectivity index (χ1n) is 5.01. The van der Waals surface area contributed by atoms with Gasteiger partial charge in [-0.25, -0.2) is 9.97 Å². The number of halogens is 1. The van der Waals surface area contributed by atoms with Crippen LogP contribution in [-0.2, 0) is 0 Å². The van der Waals surface area contributed by atoms with E-state index in [4.69, 9.17) is 0 Å². The van der Waals surface area contributed by atoms with Crippen molar-refractivity contribution in [2.24, 2.45) is 0 Å². The zero-order valence-corrected chi connectivity index (χ0v) is 10.7. The van der Waals surface area contributed by atoms with E-state index in [0.29, 0.717) is 11.5 Å². The molecule has 2 aromatic rings. The molecule has 1 aromatic heterocycles. The molecule has 1 heterocycles. The molecule has 0 fully saturated rings. The van der Waals surface area contributed by atoms with Crippen molar-refractivity contribution in [3.8, 4) is 0 Å². The zero-order chi connectivity index (χ0) is 12.3. The number of nitrogens with one attached hydrogen (secondary N) is 1. The SMILES string of the molecule is CC(=O)c1cccc(Nc2ncc(Br)cn2)c1. The fourth-order valence-electron chi connectivity index (χ4n) is 1.32. The Morgan fingerprint density at radius 1 is 1.29 bits per heavy atom. The van der Waals surface area contributed by atoms with Gasteiger partial charge in [-0.15, -0.1) is 0 Å². The average Bonchev–Trinajstić information content (AvgIpc) is 2.32. The summed E-state index contributed by atoms with van der Waals surface area (Å²) in [5.74, 6) is 0.527. The smallest absolute Gasteiger partial charge is 0.227 e. The number of hydrogen-bond acceptors (Lipinski definition) is 4. The molecule has 2 rings (SSSR count). The van der Waals surface area contributed by atoms with Crippen molar-refractivity contribution in [3.63, 3.8) is 0 Å². The van der Waals surface area contributed by atoms with E-state index in [2.05, 4.69) is 31.2 Å². The first-order valence-corrected chi connectivity index (χ1v) is 5.80. The molecule has 0 amide bonds. The molecular weight excluding hydrogens is 282 g/mol. The van der Waals surface area contributed by atoms with Crippen LogP contribution in [-0.4, -0.2) is 15.8 Å². The number of ketones is 1. The van der Waals surface area contributed by atoms with Crippen LogP contribution in [0.3, 0.4) is 0 Å². The molecule has 4 nitrogen and oxygen atoms in total. The minimum absolute atomic E-state index is 0.0328. The molecule has 1 N–H and O–H groups in total. The molecule has 0 radical (unpaired) electrons. The summed E-state index contributed by atoms with van der Waals surface area (Å²) in [7, 11) is 0. The molecule has 0 spiro atoms. The molecule has 0 aliphatic carbocycles. The summed E-state index contributed by atoms with van der Waals surface area (Å²) in [6, 6.07) is 7.22. The first-order chi connectivity index (χ1) is 8.15. The van der Waals surface area contributed by atoms with Crippen molar-refractivity contribution < 1.29 is 4.79 Å². The maximum absolute atomic E-state index is 11.2. The third kappa shape index (κ3) is 3.10. The molecule has 0 aliphatic rings. The second kappa shape index (κ2) is 5.05. The van der Waals surface area contributed by atoms with Crippen LogP contribution in [0.4, 0.5) is 11.6 Å². The lowest BCUT2D eigenvalue weighted by Gasteiger charge is -2.05. The predicted molar refractivity (Wildman–Crippen MR) is 69.5 cm³/mol. The van der Waals surface area contributed by atoms with Gasteiger partial charge in [0.05, 0.1) is 4.47 Å². The van der Waals surface area contributed by atoms with Crippen molar-refractivity contribution >= 4 is 33.3 Å². The van der Waals surface area contributed by atoms with Crippen LogP contribution in [0.5, 0.6) is 0 Å². The molecule has 0 atom stereocenters. The summed E-state index contributed by atoms with van der Waals surface area (Å²) in [6.07, 6.45) is 3.31. The largest absolute Gasteiger partial charge is 0.324 e. The lowest BCUT2D eigenvalue weighted by atomic mass is 10.1. The second-order valence-electron chi connectivity index (χ2n) is 3.49. The van der Waals surface area contributed by atoms with Gasteiger partial charge in [-0.1, -0.05) is 12.1 Å². The van der Waals surface area contributed by atoms with Crippen molar-refractivity contribution in [1.82, 2.24) is 9.97 Å². The Balaban J connectivity index is 2.21. The summed E-state index contributed by atoms with van der Waals surface area (Å²) in [5, 5.41) is 3.03. The van der Waals surface area contributed by atoms with Crippen molar-refractivity contribution in [1.29, 1.82) is 0 Å². The molecule has 17 heavy (non-hydrogen) atoms. The molecule has 0 bridgehead atoms. The topological polar surface area (TPSA) is 54.9 Å². The van der Waals surface area contributed by atoms with Crippen LogP contribution in [0.15, 0.2) is 41.1 Å². The third-order valence-corrected chi connectivity index (χ3v) is 2.56. The number of carbonyl (C=O) groups is 1. The Morgan fingerprint density at radius 3 is 2.65 bits per heavy atom. The minimum atomic E-state index is 0.0328. The number of anilines is 2. The summed E-state index contributed by atoms with van der Waals surface area (Å²) in [6.45, 7) is 1.54. The molecule has 0 saturated carbocycles. The van der Waals surface area contributed by atoms with Crippen molar-refractivity contribution in [3.05, 3.63) is 46.7 Å². The van der Waals surface area contributed by atoms with Gasteiger partial charge in [0.2, 0.25) is 5.95 Å². The Kier molecular flexibility index (Phi) is 3.49. The van der Waals surface area contributed by atoms with Gasteiger partial charge in [-0.05, 0) is 35.0 Å². The van der Waals surface area contributed by atoms with Crippen molar-refractivity contribution in [2.45, 2.75) is 6.92 Å². The first kappa shape index (κ1) is 11.7. The quantitative estimate of drug-likeness (QED) is 0.883. The molecule has 0 unspecified atom stereocenters. The van der Waals surface area contributed by atoms with E-state index in [1.54, 1.807) is 24.5 Å². The Morgan fingerprint density at radius 2 is 2.00 bits per heavy atom. The minimum Gasteiger partial charge on any atom is -0.324 e. The second-order valence-corrected chi connectivity index (χ2v) is 4.40. The van der Waals surface area contributed by atoms with E-state index >= 15 is 0 Å². The van der Waals surface area contributed by atoms with Gasteiger partial charge in [-0.3, -0.25) is 4.79 Å². The fraction of sp³-hybridized carbons (Fsp3) is 0.0833. The van der Waals surface area contributed by atoms with E-state index in [0.717, 1.165) is 10.2 Å². The van der Waals surface area contributed by atoms with Gasteiger partial charge in [0.1, 0.15) is 0 Å². The van der Waals surface area contributed by atoms with Crippen LogP contribution in [0.2, 0.25) is 0 Å². The maximum atomic E-state index is 11.2. The van der Waals surface area contributed by atoms with Crippen molar-refractivity contribution in [2.75, 3.05) is 5.32 Å². The van der Waals surface area contributed by atoms with E-state index in [9.17, 15) is 4.79 Å². The van der Waals surface area contributed by atoms with Crippen LogP contribution in [0, 0.1) is 0 Å². The highest BCUT2D eigenvalue weighted by Gasteiger charge is 2.01. The number of nitrogens with zero attached hydrogens (tertiary/aromatic N) is 2. The van der Waals surface area contributed by atoms with Gasteiger partial charge >= 0.3 is 0 Å². The zero-order valence-electron chi connectivity index (χ0n) is 9.14. The summed E-state index contributed by atoms with van der Waals surface area (Å²) in [4.78, 5) is 19.4. The Bertz CT molecular complexity index is 540. The van der Waals surface area contributed by atoms with Gasteiger partial charge in [0.25, 0.3) is 0 Å². The van der Waals surface area contributed by atoms with Gasteiger partial charge in [0.15, 0.2) is 5.78 Å². The predicted octanol–water partition coefficient (Wildman–Crippen LogP) is 3.19. The summed E-state index contributed by atoms with van der Waals surface area (Å²) in [5.41, 5.74) is 1.45. The van der Waals surface area contributed by atoms with Gasteiger partial charge in [-0.2, -0.15) is 0 Å². The van der Waals surface area contributed by atoms with Gasteiger partial charge in [0, 0.05) is 23.6 Å². The van der Waals surface area contributed by atoms with Crippen LogP contribution < -0.4 is 5.32 Å². The molecule has 5 heteroatoms. The average molecular weight is 292 g/mol. The van der Waals surface area contributed by atoms with Crippen LogP contribution >= 0.6 is 15.9 Å². The lowest BCUT2D eigenvalue weighted by molar-refractivity contribution is 0.101. The van der Waals surface area contributed by atoms with Crippen LogP contribution in [0.1, 0.15) is 17.3 Å². The number of aromatic nitrogens is 2. The summed E-state index contributed by atoms with van der Waals surface area (Å²) >= 11 is 3.26. The molecule has 86 valence electrons. The monoisotopic (exact) mass is 291 g/mol. The van der Waals surface area contributed by atoms with E-state index in [-0.39, 0.29) is 5.78 Å². The maximum Gasteiger partial charge on any atom is 0.227 e. The highest BCUT2D eigenvalue weighted by molar-refractivity contribution is 9.10. The molecule has 0 saturated heterocycles. The Labute approximate surface area is 107 Å². The lowest BCUT2D eigenvalue weighted by Crippen LogP contribution is -1.98. The van der Waals surface area contributed by atoms with Crippen LogP contribution in [0.25, 0.3) is 0 Å². The molecule has 0 aliphatic heterocycles. The molecular formula is C12H10BrN3O. The number of benzene rings is 1. The third-order valence-electron chi connectivity index (χ3n) is 2.15. The highest BCUT2D eigenvalue weighted by Crippen LogP contribution is 2.15. The number of carbonyl (C=O) groups excluding carboxylic acids is 1. The number of rotatable bonds is 3. The normalized spacial score (nSPS) is 10.0. The number of hydrogen-bond donors (Lipinski definition) is 1. The van der Waals surface area contributed by atoms with E-state index in [1.807, 2.05) is 12.1 Å². The Hall–Kier alpha value is -1.75. The standard InChI is InChI=1S/C12H10BrN3O/c1-8(17)9-3-2-4-11(5-9)16-12-14-6-10(13)7-15-12/h2-7H,1H3,(H,14,15,16). The fourth-order valence-corrected chi connectivity index (χ4v) is 1.53. The van der Waals surface area contributed by atoms with E-state index in [1.165, 1.54) is 6.92 Å².